The molecule has 11 heteroatoms. The molecule has 0 aliphatic rings. The van der Waals surface area contributed by atoms with Gasteiger partial charge in [0.15, 0.2) is 6.61 Å². The van der Waals surface area contributed by atoms with Crippen molar-refractivity contribution in [1.82, 2.24) is 10.0 Å². The zero-order valence-electron chi connectivity index (χ0n) is 17.6. The largest absolute Gasteiger partial charge is 0.454 e. The minimum Gasteiger partial charge on any atom is -0.454 e. The third-order valence-electron chi connectivity index (χ3n) is 4.14. The molecule has 3 N–H and O–H groups in total. The van der Waals surface area contributed by atoms with Crippen LogP contribution in [0.3, 0.4) is 0 Å². The predicted molar refractivity (Wildman–Crippen MR) is 120 cm³/mol. The van der Waals surface area contributed by atoms with Crippen LogP contribution < -0.4 is 15.4 Å². The van der Waals surface area contributed by atoms with Crippen molar-refractivity contribution in [2.24, 2.45) is 0 Å². The molecule has 172 valence electrons. The van der Waals surface area contributed by atoms with Crippen molar-refractivity contribution in [1.29, 1.82) is 0 Å². The van der Waals surface area contributed by atoms with Crippen LogP contribution in [0.25, 0.3) is 0 Å². The second-order valence-corrected chi connectivity index (χ2v) is 9.04. The highest BCUT2D eigenvalue weighted by atomic mass is 35.5. The van der Waals surface area contributed by atoms with E-state index >= 15 is 0 Å². The molecule has 2 rings (SSSR count). The first-order valence-corrected chi connectivity index (χ1v) is 11.5. The second kappa shape index (κ2) is 11.6. The van der Waals surface area contributed by atoms with E-state index in [1.807, 2.05) is 6.07 Å². The summed E-state index contributed by atoms with van der Waals surface area (Å²) < 4.78 is 31.9. The van der Waals surface area contributed by atoms with Gasteiger partial charge in [-0.05, 0) is 55.3 Å². The number of ether oxygens (including phenoxy) is 1. The van der Waals surface area contributed by atoms with Crippen LogP contribution in [-0.4, -0.2) is 45.4 Å². The Morgan fingerprint density at radius 1 is 1.09 bits per heavy atom. The van der Waals surface area contributed by atoms with Crippen molar-refractivity contribution in [3.63, 3.8) is 0 Å². The number of anilines is 1. The van der Waals surface area contributed by atoms with E-state index in [0.29, 0.717) is 23.7 Å². The zero-order chi connectivity index (χ0) is 23.7. The number of amides is 2. The summed E-state index contributed by atoms with van der Waals surface area (Å²) in [5.41, 5.74) is 1.38. The lowest BCUT2D eigenvalue weighted by Crippen LogP contribution is -2.41. The smallest absolute Gasteiger partial charge is 0.324 e. The Balaban J connectivity index is 1.78. The minimum atomic E-state index is -4.01. The Hall–Kier alpha value is -2.95. The molecular weight excluding hydrogens is 458 g/mol. The van der Waals surface area contributed by atoms with Crippen molar-refractivity contribution >= 4 is 45.1 Å². The lowest BCUT2D eigenvalue weighted by atomic mass is 10.1. The number of hydrogen-bond acceptors (Lipinski definition) is 6. The molecule has 1 atom stereocenters. The molecule has 9 nitrogen and oxygen atoms in total. The van der Waals surface area contributed by atoms with Gasteiger partial charge in [-0.1, -0.05) is 23.7 Å². The molecule has 0 saturated heterocycles. The van der Waals surface area contributed by atoms with E-state index in [0.717, 1.165) is 5.56 Å². The maximum Gasteiger partial charge on any atom is 0.324 e. The Labute approximate surface area is 191 Å². The van der Waals surface area contributed by atoms with Crippen LogP contribution >= 0.6 is 11.6 Å². The van der Waals surface area contributed by atoms with Crippen LogP contribution in [0.2, 0.25) is 5.02 Å². The normalized spacial score (nSPS) is 12.0. The average Bonchev–Trinajstić information content (AvgIpc) is 2.71. The molecule has 2 aromatic carbocycles. The average molecular weight is 482 g/mol. The van der Waals surface area contributed by atoms with E-state index in [9.17, 15) is 22.8 Å². The van der Waals surface area contributed by atoms with E-state index in [1.165, 1.54) is 38.1 Å². The summed E-state index contributed by atoms with van der Waals surface area (Å²) in [7, 11) is -4.01. The fraction of sp³-hybridized carbons (Fsp3) is 0.286. The van der Waals surface area contributed by atoms with Gasteiger partial charge in [0.05, 0.1) is 4.90 Å². The van der Waals surface area contributed by atoms with Crippen molar-refractivity contribution in [2.75, 3.05) is 18.5 Å². The lowest BCUT2D eigenvalue weighted by molar-refractivity contribution is -0.149. The number of carbonyl (C=O) groups is 3. The van der Waals surface area contributed by atoms with Gasteiger partial charge in [0, 0.05) is 24.2 Å². The molecule has 0 aliphatic heterocycles. The van der Waals surface area contributed by atoms with Gasteiger partial charge in [0.2, 0.25) is 15.9 Å². The van der Waals surface area contributed by atoms with Crippen LogP contribution in [0.1, 0.15) is 19.4 Å². The molecule has 0 spiro atoms. The molecule has 0 radical (unpaired) electrons. The molecule has 2 aromatic rings. The van der Waals surface area contributed by atoms with Crippen LogP contribution in [0, 0.1) is 0 Å². The summed E-state index contributed by atoms with van der Waals surface area (Å²) in [4.78, 5) is 34.9. The topological polar surface area (TPSA) is 131 Å². The van der Waals surface area contributed by atoms with Gasteiger partial charge in [-0.2, -0.15) is 4.72 Å². The molecular formula is C21H24ClN3O6S. The van der Waals surface area contributed by atoms with Gasteiger partial charge in [-0.3, -0.25) is 14.4 Å². The number of nitrogens with one attached hydrogen (secondary N) is 3. The molecule has 0 unspecified atom stereocenters. The maximum absolute atomic E-state index is 12.4. The van der Waals surface area contributed by atoms with E-state index < -0.39 is 34.5 Å². The number of benzene rings is 2. The highest BCUT2D eigenvalue weighted by molar-refractivity contribution is 7.89. The summed E-state index contributed by atoms with van der Waals surface area (Å²) in [5.74, 6) is -1.69. The monoisotopic (exact) mass is 481 g/mol. The Kier molecular flexibility index (Phi) is 9.18. The predicted octanol–water partition coefficient (Wildman–Crippen LogP) is 1.87. The summed E-state index contributed by atoms with van der Waals surface area (Å²) in [6.07, 6.45) is 0.553. The van der Waals surface area contributed by atoms with Gasteiger partial charge in [-0.15, -0.1) is 0 Å². The van der Waals surface area contributed by atoms with E-state index in [2.05, 4.69) is 15.4 Å². The van der Waals surface area contributed by atoms with E-state index in [4.69, 9.17) is 16.3 Å². The number of halogens is 1. The Morgan fingerprint density at radius 2 is 1.78 bits per heavy atom. The van der Waals surface area contributed by atoms with E-state index in [-0.39, 0.29) is 10.8 Å². The maximum atomic E-state index is 12.4. The molecule has 0 heterocycles. The zero-order valence-corrected chi connectivity index (χ0v) is 19.1. The van der Waals surface area contributed by atoms with Crippen molar-refractivity contribution < 1.29 is 27.5 Å². The van der Waals surface area contributed by atoms with E-state index in [1.54, 1.807) is 18.2 Å². The van der Waals surface area contributed by atoms with Crippen LogP contribution in [0.15, 0.2) is 53.4 Å². The Morgan fingerprint density at radius 3 is 2.41 bits per heavy atom. The molecule has 0 aromatic heterocycles. The SMILES string of the molecule is CC(=O)Nc1ccc(S(=O)(=O)N[C@@H](C)C(=O)OCC(=O)NCCc2cccc(Cl)c2)cc1. The first-order valence-electron chi connectivity index (χ1n) is 9.64. The first-order chi connectivity index (χ1) is 15.1. The summed E-state index contributed by atoms with van der Waals surface area (Å²) in [6, 6.07) is 11.4. The third kappa shape index (κ3) is 8.29. The number of hydrogen-bond donors (Lipinski definition) is 3. The number of carbonyl (C=O) groups excluding carboxylic acids is 3. The van der Waals surface area contributed by atoms with Gasteiger partial charge in [0.25, 0.3) is 5.91 Å². The standard InChI is InChI=1S/C21H24ClN3O6S/c1-14(25-32(29,30)19-8-6-18(7-9-19)24-15(2)26)21(28)31-13-20(27)23-11-10-16-4-3-5-17(22)12-16/h3-9,12,14,25H,10-11,13H2,1-2H3,(H,23,27)(H,24,26)/t14-/m0/s1. The van der Waals surface area contributed by atoms with Crippen molar-refractivity contribution in [3.8, 4) is 0 Å². The van der Waals surface area contributed by atoms with Crippen LogP contribution in [-0.2, 0) is 35.6 Å². The molecule has 2 amide bonds. The highest BCUT2D eigenvalue weighted by Gasteiger charge is 2.23. The highest BCUT2D eigenvalue weighted by Crippen LogP contribution is 2.14. The molecule has 0 bridgehead atoms. The Bertz CT molecular complexity index is 1070. The van der Waals surface area contributed by atoms with Crippen LogP contribution in [0.5, 0.6) is 0 Å². The quantitative estimate of drug-likeness (QED) is 0.444. The number of rotatable bonds is 10. The molecule has 0 saturated carbocycles. The number of sulfonamides is 1. The van der Waals surface area contributed by atoms with Gasteiger partial charge in [-0.25, -0.2) is 8.42 Å². The second-order valence-electron chi connectivity index (χ2n) is 6.89. The molecule has 0 aliphatic carbocycles. The fourth-order valence-corrected chi connectivity index (χ4v) is 4.03. The fourth-order valence-electron chi connectivity index (χ4n) is 2.62. The third-order valence-corrected chi connectivity index (χ3v) is 5.93. The summed E-state index contributed by atoms with van der Waals surface area (Å²) in [6.45, 7) is 2.43. The van der Waals surface area contributed by atoms with Gasteiger partial charge in [0.1, 0.15) is 6.04 Å². The lowest BCUT2D eigenvalue weighted by Gasteiger charge is -2.14. The van der Waals surface area contributed by atoms with Gasteiger partial charge < -0.3 is 15.4 Å². The van der Waals surface area contributed by atoms with Crippen LogP contribution in [0.4, 0.5) is 5.69 Å². The van der Waals surface area contributed by atoms with Crippen molar-refractivity contribution in [2.45, 2.75) is 31.2 Å². The van der Waals surface area contributed by atoms with Gasteiger partial charge >= 0.3 is 5.97 Å². The first kappa shape index (κ1) is 25.3. The summed E-state index contributed by atoms with van der Waals surface area (Å²) >= 11 is 5.90. The molecule has 0 fully saturated rings. The van der Waals surface area contributed by atoms with Crippen molar-refractivity contribution in [3.05, 3.63) is 59.1 Å². The minimum absolute atomic E-state index is 0.0926. The summed E-state index contributed by atoms with van der Waals surface area (Å²) in [5, 5.41) is 5.73. The molecule has 32 heavy (non-hydrogen) atoms. The number of esters is 1.